The number of hydrogen-bond donors (Lipinski definition) is 1. The first-order chi connectivity index (χ1) is 17.4. The summed E-state index contributed by atoms with van der Waals surface area (Å²) in [4.78, 5) is 15.8. The maximum Gasteiger partial charge on any atom is 0.247 e. The van der Waals surface area contributed by atoms with Gasteiger partial charge >= 0.3 is 0 Å². The lowest BCUT2D eigenvalue weighted by molar-refractivity contribution is -0.118. The number of hydrogen-bond acceptors (Lipinski definition) is 4. The Labute approximate surface area is 221 Å². The molecule has 4 aromatic rings. The Balaban J connectivity index is 1.55. The predicted molar refractivity (Wildman–Crippen MR) is 148 cm³/mol. The van der Waals surface area contributed by atoms with Crippen LogP contribution in [0.5, 0.6) is 0 Å². The number of aryl methyl sites for hydroxylation is 1. The summed E-state index contributed by atoms with van der Waals surface area (Å²) in [5.74, 6) is -0.179. The first-order valence-electron chi connectivity index (χ1n) is 12.1. The van der Waals surface area contributed by atoms with Crippen molar-refractivity contribution in [2.75, 3.05) is 31.6 Å². The number of fused-ring (bicyclic) bond motifs is 1. The van der Waals surface area contributed by atoms with Crippen molar-refractivity contribution in [3.8, 4) is 5.69 Å². The number of nitrogens with zero attached hydrogens (tertiary/aromatic N) is 3. The highest BCUT2D eigenvalue weighted by Crippen LogP contribution is 2.29. The van der Waals surface area contributed by atoms with Gasteiger partial charge in [0, 0.05) is 19.6 Å². The number of anilines is 1. The van der Waals surface area contributed by atoms with Gasteiger partial charge in [-0.1, -0.05) is 48.0 Å². The SMILES string of the molecule is Cc1ccc(NC(=O)C(C)n2c(=S)n(-c3ccccc3CN3CCOCC3)c3ccccc32)c(Cl)c1. The van der Waals surface area contributed by atoms with E-state index in [-0.39, 0.29) is 5.91 Å². The van der Waals surface area contributed by atoms with Crippen molar-refractivity contribution in [3.63, 3.8) is 0 Å². The van der Waals surface area contributed by atoms with Crippen molar-refractivity contribution in [2.45, 2.75) is 26.4 Å². The summed E-state index contributed by atoms with van der Waals surface area (Å²) in [6, 6.07) is 21.4. The molecule has 2 heterocycles. The van der Waals surface area contributed by atoms with E-state index in [1.165, 1.54) is 5.56 Å². The number of amides is 1. The first kappa shape index (κ1) is 24.7. The molecule has 5 rings (SSSR count). The van der Waals surface area contributed by atoms with Gasteiger partial charge in [0.25, 0.3) is 0 Å². The van der Waals surface area contributed by atoms with E-state index < -0.39 is 6.04 Å². The second kappa shape index (κ2) is 10.6. The lowest BCUT2D eigenvalue weighted by Crippen LogP contribution is -2.35. The van der Waals surface area contributed by atoms with Crippen LogP contribution in [0.15, 0.2) is 66.7 Å². The van der Waals surface area contributed by atoms with Crippen LogP contribution in [0.4, 0.5) is 5.69 Å². The van der Waals surface area contributed by atoms with Crippen LogP contribution in [0.1, 0.15) is 24.1 Å². The summed E-state index contributed by atoms with van der Waals surface area (Å²) in [5, 5.41) is 3.49. The Morgan fingerprint density at radius 2 is 1.75 bits per heavy atom. The van der Waals surface area contributed by atoms with E-state index in [1.807, 2.05) is 60.9 Å². The number of rotatable bonds is 6. The lowest BCUT2D eigenvalue weighted by Gasteiger charge is -2.27. The number of carbonyl (C=O) groups is 1. The van der Waals surface area contributed by atoms with Crippen LogP contribution in [0, 0.1) is 11.7 Å². The molecule has 1 aliphatic heterocycles. The summed E-state index contributed by atoms with van der Waals surface area (Å²) in [7, 11) is 0. The average molecular weight is 521 g/mol. The van der Waals surface area contributed by atoms with Crippen molar-refractivity contribution in [2.24, 2.45) is 0 Å². The summed E-state index contributed by atoms with van der Waals surface area (Å²) in [6.07, 6.45) is 0. The van der Waals surface area contributed by atoms with E-state index in [0.717, 1.165) is 55.1 Å². The molecule has 1 unspecified atom stereocenters. The molecule has 6 nitrogen and oxygen atoms in total. The Kier molecular flexibility index (Phi) is 7.25. The molecule has 1 fully saturated rings. The van der Waals surface area contributed by atoms with E-state index in [0.29, 0.717) is 15.5 Å². The molecule has 186 valence electrons. The fourth-order valence-electron chi connectivity index (χ4n) is 4.72. The standard InChI is InChI=1S/C28H29ClN4O2S/c1-19-11-12-23(22(29)17-19)30-27(34)20(2)32-25-9-5-6-10-26(25)33(28(32)36)24-8-4-3-7-21(24)18-31-13-15-35-16-14-31/h3-12,17,20H,13-16,18H2,1-2H3,(H,30,34). The van der Waals surface area contributed by atoms with Crippen LogP contribution in [0.3, 0.4) is 0 Å². The minimum absolute atomic E-state index is 0.179. The second-order valence-corrected chi connectivity index (χ2v) is 9.91. The fraction of sp³-hybridized carbons (Fsp3) is 0.286. The summed E-state index contributed by atoms with van der Waals surface area (Å²) in [5.41, 5.74) is 5.70. The van der Waals surface area contributed by atoms with Gasteiger partial charge < -0.3 is 14.6 Å². The molecule has 1 N–H and O–H groups in total. The topological polar surface area (TPSA) is 51.4 Å². The Hall–Kier alpha value is -2.97. The quantitative estimate of drug-likeness (QED) is 0.309. The summed E-state index contributed by atoms with van der Waals surface area (Å²) >= 11 is 12.4. The molecule has 1 aliphatic rings. The highest BCUT2D eigenvalue weighted by atomic mass is 35.5. The van der Waals surface area contributed by atoms with Crippen molar-refractivity contribution >= 4 is 46.4 Å². The molecule has 3 aromatic carbocycles. The van der Waals surface area contributed by atoms with Crippen LogP contribution in [-0.4, -0.2) is 46.2 Å². The van der Waals surface area contributed by atoms with Gasteiger partial charge in [0.1, 0.15) is 6.04 Å². The largest absolute Gasteiger partial charge is 0.379 e. The number of nitrogens with one attached hydrogen (secondary N) is 1. The van der Waals surface area contributed by atoms with Crippen LogP contribution in [0.2, 0.25) is 5.02 Å². The zero-order chi connectivity index (χ0) is 25.2. The number of para-hydroxylation sites is 3. The molecular weight excluding hydrogens is 492 g/mol. The zero-order valence-electron chi connectivity index (χ0n) is 20.4. The molecule has 0 aliphatic carbocycles. The first-order valence-corrected chi connectivity index (χ1v) is 12.9. The predicted octanol–water partition coefficient (Wildman–Crippen LogP) is 6.16. The molecule has 1 aromatic heterocycles. The van der Waals surface area contributed by atoms with Gasteiger partial charge in [0.2, 0.25) is 5.91 Å². The van der Waals surface area contributed by atoms with E-state index in [9.17, 15) is 4.79 Å². The number of morpholine rings is 1. The van der Waals surface area contributed by atoms with Crippen molar-refractivity contribution in [1.29, 1.82) is 0 Å². The third-order valence-electron chi connectivity index (χ3n) is 6.66. The number of aromatic nitrogens is 2. The third kappa shape index (κ3) is 4.84. The van der Waals surface area contributed by atoms with Gasteiger partial charge in [-0.25, -0.2) is 0 Å². The maximum atomic E-state index is 13.4. The van der Waals surface area contributed by atoms with Gasteiger partial charge in [-0.3, -0.25) is 14.3 Å². The molecule has 0 radical (unpaired) electrons. The molecule has 8 heteroatoms. The number of halogens is 1. The van der Waals surface area contributed by atoms with Crippen LogP contribution in [0.25, 0.3) is 16.7 Å². The van der Waals surface area contributed by atoms with Crippen LogP contribution < -0.4 is 5.32 Å². The third-order valence-corrected chi connectivity index (χ3v) is 7.35. The second-order valence-electron chi connectivity index (χ2n) is 9.14. The highest BCUT2D eigenvalue weighted by Gasteiger charge is 2.23. The minimum Gasteiger partial charge on any atom is -0.379 e. The Morgan fingerprint density at radius 1 is 1.06 bits per heavy atom. The van der Waals surface area contributed by atoms with Crippen molar-refractivity contribution < 1.29 is 9.53 Å². The summed E-state index contributed by atoms with van der Waals surface area (Å²) in [6.45, 7) is 7.94. The molecule has 0 saturated carbocycles. The summed E-state index contributed by atoms with van der Waals surface area (Å²) < 4.78 is 10.1. The van der Waals surface area contributed by atoms with E-state index in [2.05, 4.69) is 39.0 Å². The average Bonchev–Trinajstić information content (AvgIpc) is 3.17. The Bertz CT molecular complexity index is 1470. The number of carbonyl (C=O) groups excluding carboxylic acids is 1. The number of imidazole rings is 1. The fourth-order valence-corrected chi connectivity index (χ4v) is 5.45. The number of benzene rings is 3. The van der Waals surface area contributed by atoms with Gasteiger partial charge in [0.15, 0.2) is 4.77 Å². The van der Waals surface area contributed by atoms with Gasteiger partial charge in [-0.05, 0) is 67.5 Å². The van der Waals surface area contributed by atoms with Crippen molar-refractivity contribution in [3.05, 3.63) is 87.7 Å². The minimum atomic E-state index is -0.549. The van der Waals surface area contributed by atoms with Gasteiger partial charge in [0.05, 0.1) is 40.6 Å². The number of ether oxygens (including phenoxy) is 1. The molecule has 1 saturated heterocycles. The maximum absolute atomic E-state index is 13.4. The van der Waals surface area contributed by atoms with Crippen LogP contribution in [-0.2, 0) is 16.1 Å². The van der Waals surface area contributed by atoms with Crippen LogP contribution >= 0.6 is 23.8 Å². The monoisotopic (exact) mass is 520 g/mol. The Morgan fingerprint density at radius 3 is 2.50 bits per heavy atom. The van der Waals surface area contributed by atoms with E-state index in [4.69, 9.17) is 28.6 Å². The molecule has 0 bridgehead atoms. The molecule has 36 heavy (non-hydrogen) atoms. The van der Waals surface area contributed by atoms with Gasteiger partial charge in [-0.2, -0.15) is 0 Å². The molecular formula is C28H29ClN4O2S. The zero-order valence-corrected chi connectivity index (χ0v) is 22.0. The lowest BCUT2D eigenvalue weighted by atomic mass is 10.1. The van der Waals surface area contributed by atoms with Gasteiger partial charge in [-0.15, -0.1) is 0 Å². The van der Waals surface area contributed by atoms with Crippen molar-refractivity contribution in [1.82, 2.24) is 14.0 Å². The normalized spacial score (nSPS) is 15.2. The molecule has 0 spiro atoms. The van der Waals surface area contributed by atoms with E-state index in [1.54, 1.807) is 0 Å². The highest BCUT2D eigenvalue weighted by molar-refractivity contribution is 7.71. The molecule has 1 atom stereocenters. The molecule has 1 amide bonds. The smallest absolute Gasteiger partial charge is 0.247 e. The van der Waals surface area contributed by atoms with E-state index >= 15 is 0 Å².